The van der Waals surface area contributed by atoms with Gasteiger partial charge < -0.3 is 4.74 Å². The number of benzene rings is 7. The summed E-state index contributed by atoms with van der Waals surface area (Å²) in [5.41, 5.74) is 9.46. The van der Waals surface area contributed by atoms with E-state index in [0.717, 1.165) is 50.1 Å². The summed E-state index contributed by atoms with van der Waals surface area (Å²) < 4.78 is 7.03. The van der Waals surface area contributed by atoms with Crippen molar-refractivity contribution < 1.29 is 4.74 Å². The smallest absolute Gasteiger partial charge is 0.164 e. The van der Waals surface area contributed by atoms with Crippen molar-refractivity contribution in [3.8, 4) is 56.8 Å². The van der Waals surface area contributed by atoms with Crippen molar-refractivity contribution in [3.05, 3.63) is 186 Å². The van der Waals surface area contributed by atoms with Crippen molar-refractivity contribution in [1.29, 1.82) is 0 Å². The Hall–Kier alpha value is -6.39. The highest BCUT2D eigenvalue weighted by Gasteiger charge is 2.51. The Labute approximate surface area is 278 Å². The van der Waals surface area contributed by atoms with Crippen LogP contribution in [0.4, 0.5) is 0 Å². The second-order valence-corrected chi connectivity index (χ2v) is 12.4. The average Bonchev–Trinajstić information content (AvgIpc) is 3.46. The lowest BCUT2D eigenvalue weighted by Crippen LogP contribution is -2.32. The Morgan fingerprint density at radius 3 is 1.56 bits per heavy atom. The van der Waals surface area contributed by atoms with Crippen LogP contribution in [0.25, 0.3) is 56.1 Å². The summed E-state index contributed by atoms with van der Waals surface area (Å²) in [7, 11) is 0. The Morgan fingerprint density at radius 2 is 0.917 bits per heavy atom. The number of nitrogens with zero attached hydrogens (tertiary/aromatic N) is 3. The first-order valence-corrected chi connectivity index (χ1v) is 16.2. The van der Waals surface area contributed by atoms with E-state index < -0.39 is 5.41 Å². The first kappa shape index (κ1) is 26.8. The van der Waals surface area contributed by atoms with Crippen LogP contribution >= 0.6 is 0 Å². The van der Waals surface area contributed by atoms with E-state index >= 15 is 0 Å². The molecule has 0 unspecified atom stereocenters. The van der Waals surface area contributed by atoms with Crippen molar-refractivity contribution >= 4 is 10.8 Å². The molecule has 1 aliphatic carbocycles. The monoisotopic (exact) mass is 613 g/mol. The standard InChI is InChI=1S/C44H27N3O/c1-3-14-29(15-4-1)41-45-42(30-16-5-2-6-17-30)47-43(46-41)31-24-25-37-39(27-31)48-40-32-18-8-7-13-28(32)23-26-38(40)44(37)35-21-11-9-19-33(35)34-20-10-12-22-36(34)44/h1-27H. The molecule has 2 aliphatic rings. The van der Waals surface area contributed by atoms with Gasteiger partial charge in [-0.15, -0.1) is 0 Å². The van der Waals surface area contributed by atoms with Crippen LogP contribution in [0.15, 0.2) is 164 Å². The Kier molecular flexibility index (Phi) is 5.75. The lowest BCUT2D eigenvalue weighted by molar-refractivity contribution is 0.442. The van der Waals surface area contributed by atoms with Crippen molar-refractivity contribution in [2.45, 2.75) is 5.41 Å². The largest absolute Gasteiger partial charge is 0.456 e. The molecule has 8 aromatic rings. The molecule has 1 aliphatic heterocycles. The van der Waals surface area contributed by atoms with E-state index in [0.29, 0.717) is 17.5 Å². The molecule has 7 aromatic carbocycles. The van der Waals surface area contributed by atoms with Gasteiger partial charge in [0, 0.05) is 33.2 Å². The third-order valence-electron chi connectivity index (χ3n) is 9.79. The van der Waals surface area contributed by atoms with Crippen LogP contribution in [0.1, 0.15) is 22.3 Å². The van der Waals surface area contributed by atoms with Gasteiger partial charge in [-0.25, -0.2) is 15.0 Å². The van der Waals surface area contributed by atoms with Crippen LogP contribution in [0.3, 0.4) is 0 Å². The van der Waals surface area contributed by atoms with E-state index in [2.05, 4.69) is 103 Å². The van der Waals surface area contributed by atoms with Gasteiger partial charge in [-0.05, 0) is 33.7 Å². The Bertz CT molecular complexity index is 2440. The molecule has 4 nitrogen and oxygen atoms in total. The fourth-order valence-electron chi connectivity index (χ4n) is 7.71. The zero-order chi connectivity index (χ0) is 31.7. The fraction of sp³-hybridized carbons (Fsp3) is 0.0227. The summed E-state index contributed by atoms with van der Waals surface area (Å²) in [5.74, 6) is 3.54. The maximum absolute atomic E-state index is 7.03. The molecule has 10 rings (SSSR count). The highest BCUT2D eigenvalue weighted by molar-refractivity contribution is 5.96. The first-order valence-electron chi connectivity index (χ1n) is 16.2. The first-order chi connectivity index (χ1) is 23.8. The molecule has 1 aromatic heterocycles. The molecular formula is C44H27N3O. The zero-order valence-corrected chi connectivity index (χ0v) is 25.8. The minimum absolute atomic E-state index is 0.553. The summed E-state index contributed by atoms with van der Waals surface area (Å²) in [6.45, 7) is 0. The molecule has 0 fully saturated rings. The van der Waals surface area contributed by atoms with Crippen LogP contribution in [0, 0.1) is 0 Å². The van der Waals surface area contributed by atoms with Crippen LogP contribution in [0.5, 0.6) is 11.5 Å². The van der Waals surface area contributed by atoms with Crippen molar-refractivity contribution in [1.82, 2.24) is 15.0 Å². The summed E-state index contributed by atoms with van der Waals surface area (Å²) in [5, 5.41) is 2.23. The molecule has 0 bridgehead atoms. The molecule has 0 amide bonds. The number of ether oxygens (including phenoxy) is 1. The van der Waals surface area contributed by atoms with Crippen LogP contribution < -0.4 is 4.74 Å². The third-order valence-corrected chi connectivity index (χ3v) is 9.79. The van der Waals surface area contributed by atoms with E-state index in [4.69, 9.17) is 19.7 Å². The van der Waals surface area contributed by atoms with Crippen LogP contribution in [-0.4, -0.2) is 15.0 Å². The van der Waals surface area contributed by atoms with Gasteiger partial charge in [-0.1, -0.05) is 158 Å². The molecule has 0 saturated heterocycles. The van der Waals surface area contributed by atoms with Gasteiger partial charge in [0.25, 0.3) is 0 Å². The Morgan fingerprint density at radius 1 is 0.396 bits per heavy atom. The maximum atomic E-state index is 7.03. The normalized spacial score (nSPS) is 13.3. The average molecular weight is 614 g/mol. The molecule has 2 heterocycles. The van der Waals surface area contributed by atoms with E-state index in [1.165, 1.54) is 22.3 Å². The van der Waals surface area contributed by atoms with Gasteiger partial charge in [0.2, 0.25) is 0 Å². The second kappa shape index (κ2) is 10.3. The van der Waals surface area contributed by atoms with E-state index in [1.54, 1.807) is 0 Å². The molecule has 224 valence electrons. The number of hydrogen-bond donors (Lipinski definition) is 0. The number of hydrogen-bond acceptors (Lipinski definition) is 4. The number of fused-ring (bicyclic) bond motifs is 11. The number of aromatic nitrogens is 3. The maximum Gasteiger partial charge on any atom is 0.164 e. The fourth-order valence-corrected chi connectivity index (χ4v) is 7.71. The van der Waals surface area contributed by atoms with Gasteiger partial charge in [0.1, 0.15) is 11.5 Å². The van der Waals surface area contributed by atoms with Crippen molar-refractivity contribution in [2.75, 3.05) is 0 Å². The highest BCUT2D eigenvalue weighted by atomic mass is 16.5. The lowest BCUT2D eigenvalue weighted by Gasteiger charge is -2.40. The molecule has 0 saturated carbocycles. The van der Waals surface area contributed by atoms with Gasteiger partial charge >= 0.3 is 0 Å². The minimum atomic E-state index is -0.553. The summed E-state index contributed by atoms with van der Waals surface area (Å²) >= 11 is 0. The molecule has 0 atom stereocenters. The molecule has 0 N–H and O–H groups in total. The van der Waals surface area contributed by atoms with Gasteiger partial charge in [-0.2, -0.15) is 0 Å². The summed E-state index contributed by atoms with van der Waals surface area (Å²) in [6.07, 6.45) is 0. The van der Waals surface area contributed by atoms with Gasteiger partial charge in [0.15, 0.2) is 17.5 Å². The topological polar surface area (TPSA) is 47.9 Å². The summed E-state index contributed by atoms with van der Waals surface area (Å²) in [6, 6.07) is 57.2. The van der Waals surface area contributed by atoms with Gasteiger partial charge in [-0.3, -0.25) is 0 Å². The molecule has 48 heavy (non-hydrogen) atoms. The molecule has 1 spiro atoms. The third kappa shape index (κ3) is 3.80. The van der Waals surface area contributed by atoms with Crippen LogP contribution in [0.2, 0.25) is 0 Å². The zero-order valence-electron chi connectivity index (χ0n) is 25.8. The van der Waals surface area contributed by atoms with E-state index in [-0.39, 0.29) is 0 Å². The minimum Gasteiger partial charge on any atom is -0.456 e. The SMILES string of the molecule is c1ccc(-c2nc(-c3ccccc3)nc(-c3ccc4c(c3)Oc3c(ccc5ccccc35)C43c4ccccc4-c4ccccc43)n2)cc1. The van der Waals surface area contributed by atoms with Gasteiger partial charge in [0.05, 0.1) is 5.41 Å². The predicted octanol–water partition coefficient (Wildman–Crippen LogP) is 10.5. The van der Waals surface area contributed by atoms with E-state index in [9.17, 15) is 0 Å². The predicted molar refractivity (Wildman–Crippen MR) is 191 cm³/mol. The molecule has 0 radical (unpaired) electrons. The lowest BCUT2D eigenvalue weighted by atomic mass is 9.65. The van der Waals surface area contributed by atoms with Crippen LogP contribution in [-0.2, 0) is 5.41 Å². The second-order valence-electron chi connectivity index (χ2n) is 12.4. The van der Waals surface area contributed by atoms with E-state index in [1.807, 2.05) is 60.7 Å². The molecule has 4 heteroatoms. The highest BCUT2D eigenvalue weighted by Crippen LogP contribution is 2.63. The molecular weight excluding hydrogens is 587 g/mol. The van der Waals surface area contributed by atoms with Crippen molar-refractivity contribution in [3.63, 3.8) is 0 Å². The quantitative estimate of drug-likeness (QED) is 0.199. The Balaban J connectivity index is 1.25. The number of rotatable bonds is 3. The summed E-state index contributed by atoms with van der Waals surface area (Å²) in [4.78, 5) is 15.0. The van der Waals surface area contributed by atoms with Crippen molar-refractivity contribution in [2.24, 2.45) is 0 Å².